The lowest BCUT2D eigenvalue weighted by molar-refractivity contribution is 0.0939. The average molecular weight is 452 g/mol. The molecule has 1 N–H and O–H groups in total. The molecule has 4 aromatic rings. The van der Waals surface area contributed by atoms with E-state index in [4.69, 9.17) is 23.2 Å². The van der Waals surface area contributed by atoms with E-state index in [0.29, 0.717) is 21.4 Å². The molecule has 1 aliphatic rings. The van der Waals surface area contributed by atoms with Crippen molar-refractivity contribution >= 4 is 34.8 Å². The molecule has 0 unspecified atom stereocenters. The van der Waals surface area contributed by atoms with Crippen molar-refractivity contribution in [3.8, 4) is 22.4 Å². The Labute approximate surface area is 189 Å². The summed E-state index contributed by atoms with van der Waals surface area (Å²) in [6.45, 7) is 0. The van der Waals surface area contributed by atoms with Crippen LogP contribution < -0.4 is 5.32 Å². The first-order valence-corrected chi connectivity index (χ1v) is 10.9. The first kappa shape index (κ1) is 20.0. The second kappa shape index (κ2) is 8.29. The minimum atomic E-state index is -0.149. The molecule has 0 atom stereocenters. The Kier molecular flexibility index (Phi) is 5.34. The number of hydrogen-bond donors (Lipinski definition) is 1. The molecule has 0 aliphatic heterocycles. The van der Waals surface area contributed by atoms with Gasteiger partial charge >= 0.3 is 0 Å². The van der Waals surface area contributed by atoms with Gasteiger partial charge in [0.1, 0.15) is 10.7 Å². The van der Waals surface area contributed by atoms with Crippen LogP contribution in [0.25, 0.3) is 28.0 Å². The number of fused-ring (bicyclic) bond motifs is 1. The van der Waals surface area contributed by atoms with Crippen LogP contribution in [0.5, 0.6) is 0 Å². The van der Waals surface area contributed by atoms with E-state index < -0.39 is 0 Å². The van der Waals surface area contributed by atoms with Gasteiger partial charge in [0, 0.05) is 40.1 Å². The predicted molar refractivity (Wildman–Crippen MR) is 121 cm³/mol. The lowest BCUT2D eigenvalue weighted by Crippen LogP contribution is -2.32. The molecule has 1 fully saturated rings. The number of nitrogens with one attached hydrogen (secondary N) is 1. The van der Waals surface area contributed by atoms with Crippen LogP contribution in [0.1, 0.15) is 36.0 Å². The molecule has 31 heavy (non-hydrogen) atoms. The summed E-state index contributed by atoms with van der Waals surface area (Å²) in [5.41, 5.74) is 4.07. The van der Waals surface area contributed by atoms with E-state index in [0.717, 1.165) is 48.1 Å². The Morgan fingerprint density at radius 2 is 1.77 bits per heavy atom. The van der Waals surface area contributed by atoms with Gasteiger partial charge in [0.25, 0.3) is 5.91 Å². The molecule has 0 spiro atoms. The number of amides is 1. The third kappa shape index (κ3) is 3.77. The van der Waals surface area contributed by atoms with Crippen molar-refractivity contribution in [3.05, 3.63) is 70.7 Å². The molecule has 8 heteroatoms. The van der Waals surface area contributed by atoms with Crippen molar-refractivity contribution in [2.24, 2.45) is 0 Å². The van der Waals surface area contributed by atoms with Crippen LogP contribution in [0.15, 0.2) is 55.0 Å². The lowest BCUT2D eigenvalue weighted by Gasteiger charge is -2.14. The minimum absolute atomic E-state index is 0.149. The van der Waals surface area contributed by atoms with Gasteiger partial charge in [-0.2, -0.15) is 5.10 Å². The van der Waals surface area contributed by atoms with E-state index in [1.165, 1.54) is 0 Å². The third-order valence-electron chi connectivity index (χ3n) is 5.63. The van der Waals surface area contributed by atoms with E-state index in [-0.39, 0.29) is 11.9 Å². The van der Waals surface area contributed by atoms with E-state index in [9.17, 15) is 4.79 Å². The highest BCUT2D eigenvalue weighted by Crippen LogP contribution is 2.35. The number of carbonyl (C=O) groups is 1. The first-order valence-electron chi connectivity index (χ1n) is 10.2. The summed E-state index contributed by atoms with van der Waals surface area (Å²) >= 11 is 12.5. The van der Waals surface area contributed by atoms with Crippen molar-refractivity contribution in [3.63, 3.8) is 0 Å². The average Bonchev–Trinajstić information content (AvgIpc) is 3.44. The highest BCUT2D eigenvalue weighted by atomic mass is 35.5. The Morgan fingerprint density at radius 3 is 2.52 bits per heavy atom. The van der Waals surface area contributed by atoms with Crippen LogP contribution in [0.4, 0.5) is 0 Å². The molecule has 5 rings (SSSR count). The fraction of sp³-hybridized carbons (Fsp3) is 0.217. The number of carbonyl (C=O) groups excluding carboxylic acids is 1. The van der Waals surface area contributed by atoms with Crippen molar-refractivity contribution in [2.75, 3.05) is 0 Å². The highest BCUT2D eigenvalue weighted by Gasteiger charge is 2.23. The largest absolute Gasteiger partial charge is 0.349 e. The Hall–Kier alpha value is -2.96. The maximum Gasteiger partial charge on any atom is 0.256 e. The molecule has 0 saturated heterocycles. The molecule has 0 radical (unpaired) electrons. The summed E-state index contributed by atoms with van der Waals surface area (Å²) in [5.74, 6) is -0.149. The fourth-order valence-corrected chi connectivity index (χ4v) is 4.44. The SMILES string of the molecule is O=C(NC1CCCC1)c1cnn2c(-c3ccc(Cl)cc3)c(-c3cccnc3Cl)cnc12. The number of hydrogen-bond acceptors (Lipinski definition) is 4. The molecular weight excluding hydrogens is 433 g/mol. The molecule has 3 heterocycles. The van der Waals surface area contributed by atoms with Crippen molar-refractivity contribution in [2.45, 2.75) is 31.7 Å². The molecule has 156 valence electrons. The van der Waals surface area contributed by atoms with E-state index >= 15 is 0 Å². The number of benzene rings is 1. The van der Waals surface area contributed by atoms with Gasteiger partial charge in [-0.25, -0.2) is 14.5 Å². The summed E-state index contributed by atoms with van der Waals surface area (Å²) in [6.07, 6.45) is 9.24. The van der Waals surface area contributed by atoms with Gasteiger partial charge in [0.2, 0.25) is 0 Å². The highest BCUT2D eigenvalue weighted by molar-refractivity contribution is 6.32. The maximum absolute atomic E-state index is 12.9. The van der Waals surface area contributed by atoms with Crippen LogP contribution in [-0.4, -0.2) is 31.5 Å². The summed E-state index contributed by atoms with van der Waals surface area (Å²) in [4.78, 5) is 21.7. The van der Waals surface area contributed by atoms with Gasteiger partial charge in [-0.15, -0.1) is 0 Å². The number of halogens is 2. The minimum Gasteiger partial charge on any atom is -0.349 e. The van der Waals surface area contributed by atoms with E-state index in [1.54, 1.807) is 23.1 Å². The Balaban J connectivity index is 1.68. The number of pyridine rings is 1. The third-order valence-corrected chi connectivity index (χ3v) is 6.18. The quantitative estimate of drug-likeness (QED) is 0.419. The topological polar surface area (TPSA) is 72.2 Å². The number of nitrogens with zero attached hydrogens (tertiary/aromatic N) is 4. The molecular formula is C23H19Cl2N5O. The molecule has 1 aromatic carbocycles. The lowest BCUT2D eigenvalue weighted by atomic mass is 10.0. The number of rotatable bonds is 4. The van der Waals surface area contributed by atoms with Crippen molar-refractivity contribution in [1.82, 2.24) is 24.9 Å². The Bertz CT molecular complexity index is 1260. The van der Waals surface area contributed by atoms with Gasteiger partial charge in [-0.1, -0.05) is 48.2 Å². The molecule has 0 bridgehead atoms. The van der Waals surface area contributed by atoms with Crippen LogP contribution in [0.3, 0.4) is 0 Å². The van der Waals surface area contributed by atoms with Crippen LogP contribution in [0, 0.1) is 0 Å². The molecule has 1 aliphatic carbocycles. The van der Waals surface area contributed by atoms with Crippen molar-refractivity contribution < 1.29 is 4.79 Å². The van der Waals surface area contributed by atoms with Crippen LogP contribution in [0.2, 0.25) is 10.2 Å². The summed E-state index contributed by atoms with van der Waals surface area (Å²) < 4.78 is 1.69. The zero-order chi connectivity index (χ0) is 21.4. The van der Waals surface area contributed by atoms with Gasteiger partial charge in [0.15, 0.2) is 5.65 Å². The Morgan fingerprint density at radius 1 is 1.00 bits per heavy atom. The fourth-order valence-electron chi connectivity index (χ4n) is 4.09. The van der Waals surface area contributed by atoms with Crippen LogP contribution in [-0.2, 0) is 0 Å². The molecule has 1 saturated carbocycles. The number of aromatic nitrogens is 4. The van der Waals surface area contributed by atoms with Gasteiger partial charge in [-0.05, 0) is 37.1 Å². The summed E-state index contributed by atoms with van der Waals surface area (Å²) in [6, 6.07) is 11.4. The molecule has 3 aromatic heterocycles. The van der Waals surface area contributed by atoms with Gasteiger partial charge in [0.05, 0.1) is 11.9 Å². The maximum atomic E-state index is 12.9. The second-order valence-corrected chi connectivity index (χ2v) is 8.41. The monoisotopic (exact) mass is 451 g/mol. The normalized spacial score (nSPS) is 14.3. The predicted octanol–water partition coefficient (Wildman–Crippen LogP) is 5.44. The molecule has 6 nitrogen and oxygen atoms in total. The summed E-state index contributed by atoms with van der Waals surface area (Å²) in [5, 5.41) is 8.64. The van der Waals surface area contributed by atoms with Gasteiger partial charge in [-0.3, -0.25) is 4.79 Å². The molecule has 1 amide bonds. The standard InChI is InChI=1S/C23H19Cl2N5O/c24-15-9-7-14(8-10-15)20-18(17-6-3-11-26-21(17)25)12-27-22-19(13-28-30(20)22)23(31)29-16-4-1-2-5-16/h3,6-13,16H,1-2,4-5H2,(H,29,31). The zero-order valence-corrected chi connectivity index (χ0v) is 18.1. The van der Waals surface area contributed by atoms with Gasteiger partial charge < -0.3 is 5.32 Å². The van der Waals surface area contributed by atoms with Crippen molar-refractivity contribution in [1.29, 1.82) is 0 Å². The smallest absolute Gasteiger partial charge is 0.256 e. The van der Waals surface area contributed by atoms with E-state index in [1.807, 2.05) is 36.4 Å². The first-order chi connectivity index (χ1) is 15.1. The summed E-state index contributed by atoms with van der Waals surface area (Å²) in [7, 11) is 0. The van der Waals surface area contributed by atoms with E-state index in [2.05, 4.69) is 20.4 Å². The van der Waals surface area contributed by atoms with Crippen LogP contribution >= 0.6 is 23.2 Å². The zero-order valence-electron chi connectivity index (χ0n) is 16.6. The second-order valence-electron chi connectivity index (χ2n) is 7.62.